The number of likely N-dealkylation sites (tertiary alicyclic amines) is 1. The third kappa shape index (κ3) is 4.26. The highest BCUT2D eigenvalue weighted by Gasteiger charge is 2.33. The van der Waals surface area contributed by atoms with Crippen LogP contribution >= 0.6 is 0 Å². The van der Waals surface area contributed by atoms with Crippen LogP contribution in [0.5, 0.6) is 0 Å². The molecule has 0 bridgehead atoms. The van der Waals surface area contributed by atoms with Crippen LogP contribution in [0.4, 0.5) is 4.39 Å². The van der Waals surface area contributed by atoms with Crippen molar-refractivity contribution in [3.8, 4) is 0 Å². The largest absolute Gasteiger partial charge is 0.443 e. The maximum atomic E-state index is 13.1. The van der Waals surface area contributed by atoms with Gasteiger partial charge in [0.25, 0.3) is 5.56 Å². The second-order valence-corrected chi connectivity index (χ2v) is 7.18. The summed E-state index contributed by atoms with van der Waals surface area (Å²) in [7, 11) is 0. The highest BCUT2D eigenvalue weighted by atomic mass is 19.1. The molecule has 4 rings (SSSR count). The van der Waals surface area contributed by atoms with Crippen LogP contribution in [0.25, 0.3) is 0 Å². The molecule has 1 amide bonds. The molecule has 1 atom stereocenters. The molecular formula is C21H21FN4O3. The number of aromatic nitrogens is 3. The molecule has 1 saturated heterocycles. The Morgan fingerprint density at radius 3 is 2.83 bits per heavy atom. The second kappa shape index (κ2) is 7.98. The van der Waals surface area contributed by atoms with Crippen LogP contribution in [0.2, 0.25) is 0 Å². The molecular weight excluding hydrogens is 375 g/mol. The molecule has 3 aromatic rings. The van der Waals surface area contributed by atoms with E-state index in [0.29, 0.717) is 30.3 Å². The van der Waals surface area contributed by atoms with Crippen LogP contribution in [-0.4, -0.2) is 32.1 Å². The van der Waals surface area contributed by atoms with E-state index in [1.54, 1.807) is 36.2 Å². The fourth-order valence-corrected chi connectivity index (χ4v) is 3.57. The van der Waals surface area contributed by atoms with Gasteiger partial charge in [-0.05, 0) is 43.5 Å². The summed E-state index contributed by atoms with van der Waals surface area (Å²) in [4.78, 5) is 30.8. The number of halogens is 1. The minimum atomic E-state index is -0.308. The van der Waals surface area contributed by atoms with Crippen molar-refractivity contribution in [2.45, 2.75) is 38.8 Å². The average Bonchev–Trinajstić information content (AvgIpc) is 3.36. The Bertz CT molecular complexity index is 1070. The Morgan fingerprint density at radius 2 is 2.03 bits per heavy atom. The number of carbonyl (C=O) groups excluding carboxylic acids is 1. The third-order valence-electron chi connectivity index (χ3n) is 5.01. The summed E-state index contributed by atoms with van der Waals surface area (Å²) in [5.41, 5.74) is 1.28. The average molecular weight is 396 g/mol. The van der Waals surface area contributed by atoms with Crippen molar-refractivity contribution in [1.82, 2.24) is 19.7 Å². The highest BCUT2D eigenvalue weighted by molar-refractivity contribution is 5.76. The Labute approximate surface area is 166 Å². The van der Waals surface area contributed by atoms with Crippen LogP contribution in [0.15, 0.2) is 51.8 Å². The van der Waals surface area contributed by atoms with Gasteiger partial charge in [0.15, 0.2) is 0 Å². The fraction of sp³-hybridized carbons (Fsp3) is 0.333. The molecule has 29 heavy (non-hydrogen) atoms. The summed E-state index contributed by atoms with van der Waals surface area (Å²) in [6.45, 7) is 2.24. The van der Waals surface area contributed by atoms with Gasteiger partial charge in [-0.15, -0.1) is 0 Å². The van der Waals surface area contributed by atoms with Crippen molar-refractivity contribution in [2.24, 2.45) is 0 Å². The lowest BCUT2D eigenvalue weighted by atomic mass is 10.1. The van der Waals surface area contributed by atoms with Gasteiger partial charge in [-0.1, -0.05) is 12.1 Å². The van der Waals surface area contributed by atoms with Gasteiger partial charge in [0, 0.05) is 19.0 Å². The van der Waals surface area contributed by atoms with Crippen molar-refractivity contribution < 1.29 is 13.6 Å². The molecule has 0 aliphatic carbocycles. The maximum absolute atomic E-state index is 13.1. The molecule has 1 aromatic carbocycles. The van der Waals surface area contributed by atoms with Crippen LogP contribution < -0.4 is 5.56 Å². The zero-order chi connectivity index (χ0) is 20.4. The first-order valence-electron chi connectivity index (χ1n) is 9.53. The minimum Gasteiger partial charge on any atom is -0.443 e. The van der Waals surface area contributed by atoms with Gasteiger partial charge in [-0.3, -0.25) is 9.59 Å². The lowest BCUT2D eigenvalue weighted by molar-refractivity contribution is -0.133. The molecule has 2 aromatic heterocycles. The van der Waals surface area contributed by atoms with Crippen molar-refractivity contribution in [2.75, 3.05) is 6.54 Å². The number of oxazole rings is 1. The van der Waals surface area contributed by atoms with Gasteiger partial charge in [0.1, 0.15) is 24.2 Å². The van der Waals surface area contributed by atoms with Gasteiger partial charge < -0.3 is 9.32 Å². The Hall–Kier alpha value is -3.29. The first-order chi connectivity index (χ1) is 14.0. The van der Waals surface area contributed by atoms with Gasteiger partial charge >= 0.3 is 0 Å². The zero-order valence-electron chi connectivity index (χ0n) is 16.0. The third-order valence-corrected chi connectivity index (χ3v) is 5.01. The Balaban J connectivity index is 1.47. The molecule has 7 nitrogen and oxygen atoms in total. The lowest BCUT2D eigenvalue weighted by Gasteiger charge is -2.22. The molecule has 0 N–H and O–H groups in total. The number of rotatable bonds is 5. The summed E-state index contributed by atoms with van der Waals surface area (Å²) in [5.74, 6) is 0.667. The van der Waals surface area contributed by atoms with Gasteiger partial charge in [-0.2, -0.15) is 5.10 Å². The summed E-state index contributed by atoms with van der Waals surface area (Å²) >= 11 is 0. The first kappa shape index (κ1) is 19.0. The number of hydrogen-bond donors (Lipinski definition) is 0. The van der Waals surface area contributed by atoms with E-state index < -0.39 is 0 Å². The normalized spacial score (nSPS) is 16.3. The summed E-state index contributed by atoms with van der Waals surface area (Å²) in [6, 6.07) is 9.00. The molecule has 0 saturated carbocycles. The molecule has 0 spiro atoms. The summed E-state index contributed by atoms with van der Waals surface area (Å²) in [6.07, 6.45) is 3.73. The topological polar surface area (TPSA) is 81.2 Å². The van der Waals surface area contributed by atoms with Crippen LogP contribution in [0.1, 0.15) is 41.8 Å². The standard InChI is InChI=1S/C21H21FN4O3/c1-14-4-9-19(27)26(24-14)13-20(28)25-10-2-3-18(25)21-23-12-17(29-21)11-15-5-7-16(22)8-6-15/h4-9,12,18H,2-3,10-11,13H2,1H3. The van der Waals surface area contributed by atoms with Gasteiger partial charge in [0.05, 0.1) is 11.9 Å². The lowest BCUT2D eigenvalue weighted by Crippen LogP contribution is -2.37. The molecule has 150 valence electrons. The summed E-state index contributed by atoms with van der Waals surface area (Å²) < 4.78 is 20.1. The van der Waals surface area contributed by atoms with Crippen LogP contribution in [-0.2, 0) is 17.8 Å². The molecule has 8 heteroatoms. The van der Waals surface area contributed by atoms with E-state index in [1.165, 1.54) is 22.9 Å². The van der Waals surface area contributed by atoms with E-state index in [9.17, 15) is 14.0 Å². The summed E-state index contributed by atoms with van der Waals surface area (Å²) in [5, 5.41) is 4.13. The Kier molecular flexibility index (Phi) is 5.24. The van der Waals surface area contributed by atoms with E-state index >= 15 is 0 Å². The number of carbonyl (C=O) groups is 1. The van der Waals surface area contributed by atoms with Crippen molar-refractivity contribution >= 4 is 5.91 Å². The molecule has 1 aliphatic heterocycles. The SMILES string of the molecule is Cc1ccc(=O)n(CC(=O)N2CCCC2c2ncc(Cc3ccc(F)cc3)o2)n1. The van der Waals surface area contributed by atoms with Gasteiger partial charge in [0.2, 0.25) is 11.8 Å². The van der Waals surface area contributed by atoms with Crippen molar-refractivity contribution in [3.05, 3.63) is 81.7 Å². The molecule has 3 heterocycles. The van der Waals surface area contributed by atoms with Gasteiger partial charge in [-0.25, -0.2) is 14.1 Å². The fourth-order valence-electron chi connectivity index (χ4n) is 3.57. The quantitative estimate of drug-likeness (QED) is 0.662. The van der Waals surface area contributed by atoms with Crippen molar-refractivity contribution in [3.63, 3.8) is 0 Å². The van der Waals surface area contributed by atoms with Crippen LogP contribution in [0.3, 0.4) is 0 Å². The number of amides is 1. The van der Waals surface area contributed by atoms with Crippen molar-refractivity contribution in [1.29, 1.82) is 0 Å². The minimum absolute atomic E-state index is 0.111. The smallest absolute Gasteiger partial charge is 0.267 e. The van der Waals surface area contributed by atoms with E-state index in [0.717, 1.165) is 18.4 Å². The number of aryl methyl sites for hydroxylation is 1. The monoisotopic (exact) mass is 396 g/mol. The molecule has 1 aliphatic rings. The first-order valence-corrected chi connectivity index (χ1v) is 9.53. The van der Waals surface area contributed by atoms with E-state index in [2.05, 4.69) is 10.1 Å². The predicted molar refractivity (Wildman–Crippen MR) is 103 cm³/mol. The highest BCUT2D eigenvalue weighted by Crippen LogP contribution is 2.32. The van der Waals surface area contributed by atoms with E-state index in [4.69, 9.17) is 4.42 Å². The molecule has 1 unspecified atom stereocenters. The number of nitrogens with zero attached hydrogens (tertiary/aromatic N) is 4. The van der Waals surface area contributed by atoms with E-state index in [1.807, 2.05) is 0 Å². The zero-order valence-corrected chi connectivity index (χ0v) is 16.0. The van der Waals surface area contributed by atoms with E-state index in [-0.39, 0.29) is 29.9 Å². The Morgan fingerprint density at radius 1 is 1.24 bits per heavy atom. The number of hydrogen-bond acceptors (Lipinski definition) is 5. The predicted octanol–water partition coefficient (Wildman–Crippen LogP) is 2.63. The van der Waals surface area contributed by atoms with Crippen LogP contribution in [0, 0.1) is 12.7 Å². The second-order valence-electron chi connectivity index (χ2n) is 7.18. The maximum Gasteiger partial charge on any atom is 0.267 e. The molecule has 1 fully saturated rings. The molecule has 0 radical (unpaired) electrons. The number of benzene rings is 1.